The number of nitro benzene ring substituents is 1. The van der Waals surface area contributed by atoms with Crippen molar-refractivity contribution in [2.75, 3.05) is 19.6 Å². The van der Waals surface area contributed by atoms with Crippen molar-refractivity contribution >= 4 is 17.6 Å². The number of nitro groups is 1. The van der Waals surface area contributed by atoms with Crippen molar-refractivity contribution in [1.29, 1.82) is 0 Å². The summed E-state index contributed by atoms with van der Waals surface area (Å²) in [6.07, 6.45) is 0.563. The number of piperidine rings is 1. The van der Waals surface area contributed by atoms with E-state index in [1.807, 2.05) is 0 Å². The summed E-state index contributed by atoms with van der Waals surface area (Å²) in [5.41, 5.74) is 1.29. The predicted molar refractivity (Wildman–Crippen MR) is 112 cm³/mol. The molecule has 0 saturated carbocycles. The molecule has 1 saturated heterocycles. The zero-order valence-electron chi connectivity index (χ0n) is 16.9. The molecule has 0 radical (unpaired) electrons. The number of hydrogen-bond donors (Lipinski definition) is 2. The largest absolute Gasteiger partial charge is 0.465 e. The lowest BCUT2D eigenvalue weighted by molar-refractivity contribution is -0.384. The van der Waals surface area contributed by atoms with E-state index in [0.29, 0.717) is 44.5 Å². The Kier molecular flexibility index (Phi) is 7.30. The van der Waals surface area contributed by atoms with Gasteiger partial charge in [-0.3, -0.25) is 14.9 Å². The number of benzene rings is 2. The van der Waals surface area contributed by atoms with Crippen LogP contribution in [0.4, 0.5) is 14.9 Å². The number of nitrogens with one attached hydrogen (secondary N) is 1. The average Bonchev–Trinajstić information content (AvgIpc) is 2.74. The van der Waals surface area contributed by atoms with Crippen molar-refractivity contribution in [3.05, 3.63) is 75.6 Å². The molecule has 1 fully saturated rings. The van der Waals surface area contributed by atoms with Crippen LogP contribution in [0.1, 0.15) is 28.8 Å². The van der Waals surface area contributed by atoms with E-state index in [-0.39, 0.29) is 29.2 Å². The molecule has 1 aliphatic heterocycles. The summed E-state index contributed by atoms with van der Waals surface area (Å²) in [5, 5.41) is 22.5. The Balaban J connectivity index is 1.56. The van der Waals surface area contributed by atoms with Crippen LogP contribution in [0.3, 0.4) is 0 Å². The number of hydrogen-bond acceptors (Lipinski definition) is 5. The Morgan fingerprint density at radius 3 is 2.29 bits per heavy atom. The molecule has 164 valence electrons. The highest BCUT2D eigenvalue weighted by Crippen LogP contribution is 2.23. The Morgan fingerprint density at radius 2 is 1.74 bits per heavy atom. The van der Waals surface area contributed by atoms with Gasteiger partial charge < -0.3 is 15.3 Å². The van der Waals surface area contributed by atoms with Gasteiger partial charge in [0.1, 0.15) is 5.82 Å². The number of carboxylic acid groups (broad SMARTS) is 1. The molecular formula is C22H24FN3O5. The van der Waals surface area contributed by atoms with E-state index < -0.39 is 11.0 Å². The van der Waals surface area contributed by atoms with Crippen molar-refractivity contribution < 1.29 is 24.0 Å². The van der Waals surface area contributed by atoms with Gasteiger partial charge in [0, 0.05) is 36.2 Å². The fourth-order valence-corrected chi connectivity index (χ4v) is 3.91. The molecule has 0 aromatic heterocycles. The molecule has 1 aliphatic rings. The van der Waals surface area contributed by atoms with Crippen LogP contribution in [0, 0.1) is 21.8 Å². The van der Waals surface area contributed by atoms with Gasteiger partial charge in [0.25, 0.3) is 5.69 Å². The quantitative estimate of drug-likeness (QED) is 0.377. The minimum Gasteiger partial charge on any atom is -0.465 e. The van der Waals surface area contributed by atoms with Crippen LogP contribution >= 0.6 is 0 Å². The zero-order chi connectivity index (χ0) is 22.4. The number of rotatable bonds is 8. The van der Waals surface area contributed by atoms with Gasteiger partial charge in [0.2, 0.25) is 0 Å². The zero-order valence-corrected chi connectivity index (χ0v) is 16.9. The van der Waals surface area contributed by atoms with Crippen LogP contribution in [0.2, 0.25) is 0 Å². The van der Waals surface area contributed by atoms with Crippen molar-refractivity contribution in [3.63, 3.8) is 0 Å². The Labute approximate surface area is 178 Å². The second kappa shape index (κ2) is 10.1. The van der Waals surface area contributed by atoms with Crippen LogP contribution in [0.25, 0.3) is 0 Å². The van der Waals surface area contributed by atoms with Crippen molar-refractivity contribution in [3.8, 4) is 0 Å². The molecule has 31 heavy (non-hydrogen) atoms. The summed E-state index contributed by atoms with van der Waals surface area (Å²) in [5.74, 6) is -0.510. The minimum absolute atomic E-state index is 0.00532. The van der Waals surface area contributed by atoms with Gasteiger partial charge in [-0.1, -0.05) is 12.1 Å². The number of amides is 1. The number of non-ortho nitro benzene ring substituents is 1. The summed E-state index contributed by atoms with van der Waals surface area (Å²) in [6, 6.07) is 11.2. The van der Waals surface area contributed by atoms with Crippen molar-refractivity contribution in [1.82, 2.24) is 10.2 Å². The van der Waals surface area contributed by atoms with Gasteiger partial charge >= 0.3 is 6.09 Å². The third-order valence-corrected chi connectivity index (χ3v) is 5.52. The molecule has 0 unspecified atom stereocenters. The maximum Gasteiger partial charge on any atom is 0.404 e. The number of likely N-dealkylation sites (tertiary alicyclic amines) is 1. The van der Waals surface area contributed by atoms with E-state index in [1.54, 1.807) is 12.1 Å². The van der Waals surface area contributed by atoms with Crippen LogP contribution in [0.15, 0.2) is 48.5 Å². The van der Waals surface area contributed by atoms with Gasteiger partial charge in [-0.2, -0.15) is 0 Å². The number of Topliss-reactive ketones (excluding diaryl/α,β-unsaturated/α-hetero) is 1. The van der Waals surface area contributed by atoms with E-state index in [4.69, 9.17) is 0 Å². The lowest BCUT2D eigenvalue weighted by Gasteiger charge is -2.33. The second-order valence-electron chi connectivity index (χ2n) is 7.72. The van der Waals surface area contributed by atoms with Crippen LogP contribution in [-0.4, -0.2) is 52.5 Å². The summed E-state index contributed by atoms with van der Waals surface area (Å²) in [4.78, 5) is 36.3. The van der Waals surface area contributed by atoms with Gasteiger partial charge in [0.15, 0.2) is 5.78 Å². The normalized spacial score (nSPS) is 15.9. The van der Waals surface area contributed by atoms with Gasteiger partial charge in [0.05, 0.1) is 4.92 Å². The first kappa shape index (κ1) is 22.4. The number of carbonyl (C=O) groups is 2. The predicted octanol–water partition coefficient (Wildman–Crippen LogP) is 3.51. The van der Waals surface area contributed by atoms with E-state index >= 15 is 0 Å². The third-order valence-electron chi connectivity index (χ3n) is 5.52. The van der Waals surface area contributed by atoms with Gasteiger partial charge in [-0.15, -0.1) is 0 Å². The highest BCUT2D eigenvalue weighted by atomic mass is 19.1. The summed E-state index contributed by atoms with van der Waals surface area (Å²) in [7, 11) is 0. The molecule has 3 rings (SSSR count). The Hall–Kier alpha value is -3.33. The van der Waals surface area contributed by atoms with Gasteiger partial charge in [-0.05, 0) is 62.2 Å². The monoisotopic (exact) mass is 429 g/mol. The van der Waals surface area contributed by atoms with Crippen LogP contribution in [-0.2, 0) is 6.42 Å². The topological polar surface area (TPSA) is 113 Å². The smallest absolute Gasteiger partial charge is 0.404 e. The molecule has 1 heterocycles. The second-order valence-corrected chi connectivity index (χ2v) is 7.72. The van der Waals surface area contributed by atoms with E-state index in [0.717, 1.165) is 5.56 Å². The molecule has 0 aliphatic carbocycles. The summed E-state index contributed by atoms with van der Waals surface area (Å²) in [6.45, 7) is 1.77. The Bertz CT molecular complexity index is 925. The Morgan fingerprint density at radius 1 is 1.13 bits per heavy atom. The minimum atomic E-state index is -1.13. The molecule has 2 aromatic rings. The fraction of sp³-hybridized carbons (Fsp3) is 0.364. The SMILES string of the molecule is O=C(O)N[C@H](Cc1ccc([N+](=O)[O-])cc1)CN1CCC(C(=O)c2ccc(F)cc2)CC1. The number of carbonyl (C=O) groups excluding carboxylic acids is 1. The van der Waals surface area contributed by atoms with E-state index in [2.05, 4.69) is 10.2 Å². The highest BCUT2D eigenvalue weighted by molar-refractivity contribution is 5.97. The molecule has 2 aromatic carbocycles. The lowest BCUT2D eigenvalue weighted by Crippen LogP contribution is -2.47. The maximum absolute atomic E-state index is 13.1. The molecule has 2 N–H and O–H groups in total. The molecule has 8 nitrogen and oxygen atoms in total. The first-order chi connectivity index (χ1) is 14.8. The molecule has 9 heteroatoms. The molecular weight excluding hydrogens is 405 g/mol. The lowest BCUT2D eigenvalue weighted by atomic mass is 9.88. The molecule has 0 spiro atoms. The first-order valence-electron chi connectivity index (χ1n) is 10.1. The van der Waals surface area contributed by atoms with Crippen molar-refractivity contribution in [2.45, 2.75) is 25.3 Å². The number of halogens is 1. The van der Waals surface area contributed by atoms with E-state index in [9.17, 15) is 29.2 Å². The molecule has 0 bridgehead atoms. The fourth-order valence-electron chi connectivity index (χ4n) is 3.91. The highest BCUT2D eigenvalue weighted by Gasteiger charge is 2.27. The van der Waals surface area contributed by atoms with Crippen LogP contribution in [0.5, 0.6) is 0 Å². The summed E-state index contributed by atoms with van der Waals surface area (Å²) >= 11 is 0. The molecule has 1 amide bonds. The maximum atomic E-state index is 13.1. The number of ketones is 1. The van der Waals surface area contributed by atoms with Crippen molar-refractivity contribution in [2.24, 2.45) is 5.92 Å². The van der Waals surface area contributed by atoms with E-state index in [1.165, 1.54) is 36.4 Å². The first-order valence-corrected chi connectivity index (χ1v) is 10.1. The van der Waals surface area contributed by atoms with Gasteiger partial charge in [-0.25, -0.2) is 9.18 Å². The standard InChI is InChI=1S/C22H24FN3O5/c23-18-5-3-16(4-6-18)21(27)17-9-11-25(12-10-17)14-19(24-22(28)29)13-15-1-7-20(8-2-15)26(30)31/h1-8,17,19,24H,9-14H2,(H,28,29)/t19-/m1/s1. The van der Waals surface area contributed by atoms with Crippen LogP contribution < -0.4 is 5.32 Å². The third kappa shape index (κ3) is 6.32. The number of nitrogens with zero attached hydrogens (tertiary/aromatic N) is 2. The molecule has 1 atom stereocenters. The summed E-state index contributed by atoms with van der Waals surface area (Å²) < 4.78 is 13.1. The average molecular weight is 429 g/mol.